The minimum Gasteiger partial charge on any atom is -0.340 e. The van der Waals surface area contributed by atoms with Crippen molar-refractivity contribution < 1.29 is 18.0 Å². The Morgan fingerprint density at radius 2 is 1.73 bits per heavy atom. The summed E-state index contributed by atoms with van der Waals surface area (Å²) < 4.78 is 42.3. The molecule has 2 aliphatic rings. The molecule has 5 rings (SSSR count). The molecule has 33 heavy (non-hydrogen) atoms. The predicted octanol–water partition coefficient (Wildman–Crippen LogP) is 2.82. The van der Waals surface area contributed by atoms with E-state index < -0.39 is 17.6 Å². The van der Waals surface area contributed by atoms with E-state index in [-0.39, 0.29) is 34.7 Å². The van der Waals surface area contributed by atoms with E-state index in [1.165, 1.54) is 35.4 Å². The van der Waals surface area contributed by atoms with Crippen LogP contribution in [0.15, 0.2) is 36.7 Å². The Hall–Kier alpha value is -3.50. The van der Waals surface area contributed by atoms with Gasteiger partial charge in [0.15, 0.2) is 0 Å². The summed E-state index contributed by atoms with van der Waals surface area (Å²) >= 11 is 0. The van der Waals surface area contributed by atoms with Crippen molar-refractivity contribution in [3.63, 3.8) is 0 Å². The lowest BCUT2D eigenvalue weighted by Gasteiger charge is -2.23. The standard InChI is InChI=1S/C22H22F3N7O/c1-13-8-18(22(2,24)25)29-21(28-13)31-11-14-9-30(10-15(14)12-31)20(33)19-16(23)4-3-5-17(19)32-26-6-7-27-32/h3-8,14-15H,9-12H2,1-2H3/t14-,15+. The molecule has 11 heteroatoms. The molecule has 2 aliphatic heterocycles. The second-order valence-electron chi connectivity index (χ2n) is 8.67. The maximum Gasteiger partial charge on any atom is 0.287 e. The topological polar surface area (TPSA) is 80.0 Å². The highest BCUT2D eigenvalue weighted by Gasteiger charge is 2.43. The summed E-state index contributed by atoms with van der Waals surface area (Å²) in [7, 11) is 0. The van der Waals surface area contributed by atoms with Crippen LogP contribution in [0, 0.1) is 24.6 Å². The van der Waals surface area contributed by atoms with Gasteiger partial charge in [0.25, 0.3) is 11.8 Å². The summed E-state index contributed by atoms with van der Waals surface area (Å²) in [6.07, 6.45) is 2.92. The quantitative estimate of drug-likeness (QED) is 0.600. The lowest BCUT2D eigenvalue weighted by Crippen LogP contribution is -2.35. The molecule has 0 spiro atoms. The third-order valence-electron chi connectivity index (χ3n) is 6.19. The molecule has 0 radical (unpaired) electrons. The molecule has 0 bridgehead atoms. The molecule has 1 amide bonds. The van der Waals surface area contributed by atoms with Gasteiger partial charge in [-0.05, 0) is 25.1 Å². The van der Waals surface area contributed by atoms with Crippen LogP contribution in [0.5, 0.6) is 0 Å². The first kappa shape index (κ1) is 21.4. The summed E-state index contributed by atoms with van der Waals surface area (Å²) in [4.78, 5) is 26.4. The van der Waals surface area contributed by atoms with Gasteiger partial charge in [0, 0.05) is 50.6 Å². The normalized spacial score (nSPS) is 20.4. The highest BCUT2D eigenvalue weighted by atomic mass is 19.3. The van der Waals surface area contributed by atoms with Crippen molar-refractivity contribution in [3.05, 3.63) is 59.4 Å². The molecule has 8 nitrogen and oxygen atoms in total. The Morgan fingerprint density at radius 3 is 2.36 bits per heavy atom. The number of likely N-dealkylation sites (tertiary alicyclic amines) is 1. The number of aryl methyl sites for hydroxylation is 1. The van der Waals surface area contributed by atoms with Gasteiger partial charge < -0.3 is 9.80 Å². The van der Waals surface area contributed by atoms with Crippen molar-refractivity contribution in [2.75, 3.05) is 31.1 Å². The van der Waals surface area contributed by atoms with Crippen LogP contribution in [0.3, 0.4) is 0 Å². The van der Waals surface area contributed by atoms with E-state index in [0.717, 1.165) is 6.92 Å². The van der Waals surface area contributed by atoms with E-state index in [1.54, 1.807) is 17.9 Å². The van der Waals surface area contributed by atoms with E-state index in [9.17, 15) is 18.0 Å². The summed E-state index contributed by atoms with van der Waals surface area (Å²) in [5.74, 6) is -3.60. The van der Waals surface area contributed by atoms with E-state index in [4.69, 9.17) is 0 Å². The lowest BCUT2D eigenvalue weighted by molar-refractivity contribution is 0.0126. The number of carbonyl (C=O) groups is 1. The first-order valence-corrected chi connectivity index (χ1v) is 10.6. The molecule has 0 unspecified atom stereocenters. The van der Waals surface area contributed by atoms with Crippen LogP contribution >= 0.6 is 0 Å². The molecule has 2 saturated heterocycles. The fourth-order valence-corrected chi connectivity index (χ4v) is 4.63. The average molecular weight is 457 g/mol. The molecular weight excluding hydrogens is 435 g/mol. The Morgan fingerprint density at radius 1 is 1.06 bits per heavy atom. The maximum atomic E-state index is 14.7. The Labute approximate surface area is 188 Å². The summed E-state index contributed by atoms with van der Waals surface area (Å²) in [5, 5.41) is 8.05. The predicted molar refractivity (Wildman–Crippen MR) is 113 cm³/mol. The first-order chi connectivity index (χ1) is 15.7. The molecule has 0 N–H and O–H groups in total. The number of hydrogen-bond donors (Lipinski definition) is 0. The van der Waals surface area contributed by atoms with Crippen LogP contribution in [-0.2, 0) is 5.92 Å². The van der Waals surface area contributed by atoms with Crippen LogP contribution in [0.4, 0.5) is 19.1 Å². The number of amides is 1. The van der Waals surface area contributed by atoms with Crippen molar-refractivity contribution in [1.29, 1.82) is 0 Å². The van der Waals surface area contributed by atoms with Gasteiger partial charge >= 0.3 is 0 Å². The van der Waals surface area contributed by atoms with Gasteiger partial charge in [0.2, 0.25) is 5.95 Å². The third-order valence-corrected chi connectivity index (χ3v) is 6.19. The zero-order valence-corrected chi connectivity index (χ0v) is 18.1. The zero-order valence-electron chi connectivity index (χ0n) is 18.1. The number of anilines is 1. The molecule has 2 aromatic heterocycles. The first-order valence-electron chi connectivity index (χ1n) is 10.6. The van der Waals surface area contributed by atoms with Crippen LogP contribution in [-0.4, -0.2) is 61.9 Å². The average Bonchev–Trinajstić information content (AvgIpc) is 3.48. The second kappa shape index (κ2) is 7.82. The Bertz CT molecular complexity index is 1180. The molecule has 1 aromatic carbocycles. The van der Waals surface area contributed by atoms with Gasteiger partial charge in [-0.1, -0.05) is 6.07 Å². The maximum absolute atomic E-state index is 14.7. The largest absolute Gasteiger partial charge is 0.340 e. The highest BCUT2D eigenvalue weighted by molar-refractivity contribution is 5.98. The van der Waals surface area contributed by atoms with Crippen molar-refractivity contribution in [1.82, 2.24) is 29.9 Å². The number of hydrogen-bond acceptors (Lipinski definition) is 6. The zero-order chi connectivity index (χ0) is 23.3. The highest BCUT2D eigenvalue weighted by Crippen LogP contribution is 2.35. The lowest BCUT2D eigenvalue weighted by atomic mass is 10.0. The molecule has 2 fully saturated rings. The number of carbonyl (C=O) groups excluding carboxylic acids is 1. The van der Waals surface area contributed by atoms with Gasteiger partial charge in [-0.2, -0.15) is 23.8 Å². The van der Waals surface area contributed by atoms with Gasteiger partial charge in [0.05, 0.1) is 12.4 Å². The van der Waals surface area contributed by atoms with Crippen LogP contribution < -0.4 is 4.90 Å². The number of fused-ring (bicyclic) bond motifs is 1. The van der Waals surface area contributed by atoms with Crippen molar-refractivity contribution in [3.8, 4) is 5.69 Å². The molecule has 0 saturated carbocycles. The third kappa shape index (κ3) is 3.91. The van der Waals surface area contributed by atoms with E-state index in [0.29, 0.717) is 31.9 Å². The second-order valence-corrected chi connectivity index (χ2v) is 8.67. The van der Waals surface area contributed by atoms with Gasteiger partial charge in [-0.25, -0.2) is 14.4 Å². The number of alkyl halides is 2. The summed E-state index contributed by atoms with van der Waals surface area (Å²) in [6, 6.07) is 5.65. The molecule has 4 heterocycles. The van der Waals surface area contributed by atoms with Crippen molar-refractivity contribution in [2.45, 2.75) is 19.8 Å². The molecular formula is C22H22F3N7O. The number of aromatic nitrogens is 5. The smallest absolute Gasteiger partial charge is 0.287 e. The van der Waals surface area contributed by atoms with Gasteiger partial charge in [-0.15, -0.1) is 0 Å². The number of halogens is 3. The van der Waals surface area contributed by atoms with E-state index in [1.807, 2.05) is 4.90 Å². The number of nitrogens with zero attached hydrogens (tertiary/aromatic N) is 7. The Kier molecular flexibility index (Phi) is 5.06. The van der Waals surface area contributed by atoms with Gasteiger partial charge in [0.1, 0.15) is 22.8 Å². The molecule has 0 aliphatic carbocycles. The van der Waals surface area contributed by atoms with E-state index in [2.05, 4.69) is 20.2 Å². The minimum atomic E-state index is -3.05. The van der Waals surface area contributed by atoms with Crippen LogP contribution in [0.25, 0.3) is 5.69 Å². The summed E-state index contributed by atoms with van der Waals surface area (Å²) in [5.41, 5.74) is 0.384. The fourth-order valence-electron chi connectivity index (χ4n) is 4.63. The van der Waals surface area contributed by atoms with Crippen molar-refractivity contribution in [2.24, 2.45) is 11.8 Å². The minimum absolute atomic E-state index is 0.0673. The van der Waals surface area contributed by atoms with Crippen LogP contribution in [0.1, 0.15) is 28.7 Å². The molecule has 2 atom stereocenters. The Balaban J connectivity index is 1.34. The monoisotopic (exact) mass is 457 g/mol. The van der Waals surface area contributed by atoms with Crippen molar-refractivity contribution >= 4 is 11.9 Å². The molecule has 172 valence electrons. The van der Waals surface area contributed by atoms with Crippen LogP contribution in [0.2, 0.25) is 0 Å². The SMILES string of the molecule is Cc1cc(C(C)(F)F)nc(N2C[C@H]3CN(C(=O)c4c(F)cccc4-n4nccn4)C[C@H]3C2)n1. The fraction of sp³-hybridized carbons (Fsp3) is 0.409. The number of rotatable bonds is 4. The van der Waals surface area contributed by atoms with Gasteiger partial charge in [-0.3, -0.25) is 4.79 Å². The van der Waals surface area contributed by atoms with E-state index >= 15 is 0 Å². The summed E-state index contributed by atoms with van der Waals surface area (Å²) in [6.45, 7) is 4.43. The number of benzene rings is 1. The molecule has 3 aromatic rings.